The number of ketones is 1. The molecule has 0 saturated heterocycles. The summed E-state index contributed by atoms with van der Waals surface area (Å²) in [4.78, 5) is 13.8. The highest BCUT2D eigenvalue weighted by atomic mass is 35.5. The van der Waals surface area contributed by atoms with Crippen LogP contribution in [0.5, 0.6) is 5.75 Å². The summed E-state index contributed by atoms with van der Waals surface area (Å²) >= 11 is 6.38. The number of hydrogen-bond donors (Lipinski definition) is 1. The van der Waals surface area contributed by atoms with Gasteiger partial charge < -0.3 is 10.1 Å². The molecule has 0 fully saturated rings. The van der Waals surface area contributed by atoms with E-state index < -0.39 is 0 Å². The smallest absolute Gasteiger partial charge is 0.169 e. The van der Waals surface area contributed by atoms with Crippen LogP contribution in [0.3, 0.4) is 0 Å². The normalized spacial score (nSPS) is 19.3. The largest absolute Gasteiger partial charge is 0.497 e. The summed E-state index contributed by atoms with van der Waals surface area (Å²) in [7, 11) is 1.63. The van der Waals surface area contributed by atoms with E-state index in [1.54, 1.807) is 7.11 Å². The third-order valence-corrected chi connectivity index (χ3v) is 7.59. The van der Waals surface area contributed by atoms with E-state index in [0.717, 1.165) is 22.4 Å². The first kappa shape index (κ1) is 22.6. The van der Waals surface area contributed by atoms with Gasteiger partial charge >= 0.3 is 0 Å². The quantitative estimate of drug-likeness (QED) is 0.477. The van der Waals surface area contributed by atoms with Gasteiger partial charge in [0.1, 0.15) is 5.75 Å². The fourth-order valence-electron chi connectivity index (χ4n) is 5.59. The van der Waals surface area contributed by atoms with Crippen molar-refractivity contribution in [1.29, 1.82) is 0 Å². The van der Waals surface area contributed by atoms with E-state index in [1.807, 2.05) is 54.8 Å². The van der Waals surface area contributed by atoms with Gasteiger partial charge in [0.2, 0.25) is 0 Å². The van der Waals surface area contributed by atoms with Gasteiger partial charge in [-0.15, -0.1) is 0 Å². The van der Waals surface area contributed by atoms with Gasteiger partial charge in [-0.1, -0.05) is 66.2 Å². The Kier molecular flexibility index (Phi) is 5.86. The molecular formula is C32H26ClNO2. The van der Waals surface area contributed by atoms with Crippen LogP contribution < -0.4 is 20.5 Å². The Morgan fingerprint density at radius 2 is 1.92 bits per heavy atom. The van der Waals surface area contributed by atoms with Crippen molar-refractivity contribution in [2.45, 2.75) is 18.8 Å². The number of carbonyl (C=O) groups excluding carboxylic acids is 1. The topological polar surface area (TPSA) is 38.3 Å². The van der Waals surface area contributed by atoms with E-state index in [1.165, 1.54) is 27.5 Å². The Morgan fingerprint density at radius 3 is 2.81 bits per heavy atom. The predicted octanol–water partition coefficient (Wildman–Crippen LogP) is 5.68. The van der Waals surface area contributed by atoms with Crippen LogP contribution in [-0.2, 0) is 6.42 Å². The molecule has 3 aliphatic rings. The van der Waals surface area contributed by atoms with Crippen LogP contribution in [0.4, 0.5) is 0 Å². The number of rotatable bonds is 4. The van der Waals surface area contributed by atoms with E-state index >= 15 is 0 Å². The van der Waals surface area contributed by atoms with E-state index in [2.05, 4.69) is 47.8 Å². The first-order valence-electron chi connectivity index (χ1n) is 12.2. The Bertz CT molecular complexity index is 1590. The second-order valence-electron chi connectivity index (χ2n) is 9.41. The monoisotopic (exact) mass is 491 g/mol. The summed E-state index contributed by atoms with van der Waals surface area (Å²) in [5.74, 6) is 0.614. The van der Waals surface area contributed by atoms with Crippen molar-refractivity contribution < 1.29 is 9.53 Å². The Labute approximate surface area is 215 Å². The van der Waals surface area contributed by atoms with Gasteiger partial charge in [0.15, 0.2) is 5.78 Å². The Hall–Kier alpha value is -3.82. The number of fused-ring (bicyclic) bond motifs is 5. The molecule has 0 bridgehead atoms. The molecule has 1 aliphatic heterocycles. The predicted molar refractivity (Wildman–Crippen MR) is 146 cm³/mol. The van der Waals surface area contributed by atoms with Crippen molar-refractivity contribution in [1.82, 2.24) is 5.32 Å². The molecule has 3 aromatic carbocycles. The summed E-state index contributed by atoms with van der Waals surface area (Å²) in [6, 6.07) is 18.0. The molecule has 4 heteroatoms. The number of hydrogen-bond acceptors (Lipinski definition) is 3. The molecular weight excluding hydrogens is 466 g/mol. The molecule has 1 N–H and O–H groups in total. The van der Waals surface area contributed by atoms with Crippen LogP contribution in [0, 0.1) is 5.92 Å². The summed E-state index contributed by atoms with van der Waals surface area (Å²) in [5.41, 5.74) is 6.62. The van der Waals surface area contributed by atoms with Gasteiger partial charge in [0.25, 0.3) is 0 Å². The number of methoxy groups -OCH3 is 1. The van der Waals surface area contributed by atoms with Crippen molar-refractivity contribution in [3.63, 3.8) is 0 Å². The molecule has 36 heavy (non-hydrogen) atoms. The maximum Gasteiger partial charge on any atom is 0.169 e. The lowest BCUT2D eigenvalue weighted by Crippen LogP contribution is -2.39. The minimum absolute atomic E-state index is 0.0661. The second-order valence-corrected chi connectivity index (χ2v) is 9.84. The lowest BCUT2D eigenvalue weighted by molar-refractivity contribution is 0.0943. The Morgan fingerprint density at radius 1 is 1.00 bits per heavy atom. The average Bonchev–Trinajstić information content (AvgIpc) is 3.21. The summed E-state index contributed by atoms with van der Waals surface area (Å²) in [6.07, 6.45) is 16.1. The molecule has 2 unspecified atom stereocenters. The van der Waals surface area contributed by atoms with Crippen LogP contribution in [0.15, 0.2) is 90.8 Å². The first-order valence-corrected chi connectivity index (χ1v) is 12.6. The molecule has 2 aliphatic carbocycles. The third-order valence-electron chi connectivity index (χ3n) is 7.35. The maximum atomic E-state index is 13.8. The molecule has 178 valence electrons. The molecule has 0 amide bonds. The standard InChI is InChI=1S/C32H26ClNO2/c1-36-24-7-5-6-21(16-24)32(35)22-17-29-26-12-10-20-9-11-23(33)19-28(20)25(26)13-14-27(29)30(18-22)31-8-3-2-4-15-34-31/h2-9,11-17,19,22,30,34H,10,18H2,1H3. The summed E-state index contributed by atoms with van der Waals surface area (Å²) < 4.78 is 5.38. The van der Waals surface area contributed by atoms with Crippen molar-refractivity contribution in [2.75, 3.05) is 7.11 Å². The van der Waals surface area contributed by atoms with Gasteiger partial charge in [-0.3, -0.25) is 4.79 Å². The van der Waals surface area contributed by atoms with Gasteiger partial charge in [0, 0.05) is 34.3 Å². The number of nitrogens with one attached hydrogen (secondary N) is 1. The van der Waals surface area contributed by atoms with E-state index in [0.29, 0.717) is 17.7 Å². The van der Waals surface area contributed by atoms with Crippen LogP contribution in [0.2, 0.25) is 5.02 Å². The van der Waals surface area contributed by atoms with E-state index in [4.69, 9.17) is 16.3 Å². The highest BCUT2D eigenvalue weighted by Crippen LogP contribution is 2.35. The van der Waals surface area contributed by atoms with Crippen molar-refractivity contribution in [2.24, 2.45) is 5.92 Å². The number of Topliss-reactive ketones (excluding diaryl/α,β-unsaturated/α-hetero) is 1. The lowest BCUT2D eigenvalue weighted by Gasteiger charge is -2.30. The fraction of sp³-hybridized carbons (Fsp3) is 0.156. The zero-order valence-corrected chi connectivity index (χ0v) is 20.8. The average molecular weight is 492 g/mol. The number of allylic oxidation sites excluding steroid dienone is 5. The molecule has 0 aromatic heterocycles. The van der Waals surface area contributed by atoms with Gasteiger partial charge in [-0.05, 0) is 82.0 Å². The number of ether oxygens (including phenoxy) is 1. The lowest BCUT2D eigenvalue weighted by atomic mass is 9.75. The van der Waals surface area contributed by atoms with Crippen LogP contribution in [-0.4, -0.2) is 12.9 Å². The number of benzene rings is 3. The van der Waals surface area contributed by atoms with Crippen molar-refractivity contribution in [3.05, 3.63) is 123 Å². The maximum absolute atomic E-state index is 13.8. The van der Waals surface area contributed by atoms with Gasteiger partial charge in [0.05, 0.1) is 7.11 Å². The molecule has 0 spiro atoms. The molecule has 1 heterocycles. The molecule has 0 saturated carbocycles. The highest BCUT2D eigenvalue weighted by Gasteiger charge is 2.31. The molecule has 3 nitrogen and oxygen atoms in total. The zero-order chi connectivity index (χ0) is 24.6. The van der Waals surface area contributed by atoms with Crippen LogP contribution in [0.1, 0.15) is 33.8 Å². The molecule has 3 aromatic rings. The fourth-order valence-corrected chi connectivity index (χ4v) is 5.77. The summed E-state index contributed by atoms with van der Waals surface area (Å²) in [6.45, 7) is 0. The van der Waals surface area contributed by atoms with Crippen molar-refractivity contribution in [3.8, 4) is 16.9 Å². The number of carbonyl (C=O) groups is 1. The third kappa shape index (κ3) is 4.00. The van der Waals surface area contributed by atoms with Crippen molar-refractivity contribution >= 4 is 29.5 Å². The van der Waals surface area contributed by atoms with E-state index in [9.17, 15) is 4.79 Å². The van der Waals surface area contributed by atoms with Crippen LogP contribution in [0.25, 0.3) is 23.3 Å². The van der Waals surface area contributed by atoms with Gasteiger partial charge in [-0.25, -0.2) is 0 Å². The zero-order valence-electron chi connectivity index (χ0n) is 20.0. The van der Waals surface area contributed by atoms with Crippen LogP contribution >= 0.6 is 11.6 Å². The molecule has 6 rings (SSSR count). The second kappa shape index (κ2) is 9.33. The first-order chi connectivity index (χ1) is 17.6. The molecule has 0 radical (unpaired) electrons. The summed E-state index contributed by atoms with van der Waals surface area (Å²) in [5, 5.41) is 6.53. The highest BCUT2D eigenvalue weighted by molar-refractivity contribution is 6.30. The molecule has 2 atom stereocenters. The van der Waals surface area contributed by atoms with E-state index in [-0.39, 0.29) is 17.6 Å². The SMILES string of the molecule is COc1cccc(C(=O)C2C=c3c(ccc4c3=CCc3ccc(Cl)cc3-4)C(C3=CC=CC=CN3)C2)c1. The Balaban J connectivity index is 1.54. The minimum Gasteiger partial charge on any atom is -0.497 e. The minimum atomic E-state index is -0.255. The number of halogens is 1. The van der Waals surface area contributed by atoms with Gasteiger partial charge in [-0.2, -0.15) is 0 Å².